The molecule has 0 N–H and O–H groups in total. The third kappa shape index (κ3) is 7.36. The minimum atomic E-state index is 0.697. The minimum absolute atomic E-state index is 0.697. The van der Waals surface area contributed by atoms with Gasteiger partial charge in [-0.15, -0.1) is 0 Å². The molecule has 0 atom stereocenters. The van der Waals surface area contributed by atoms with Gasteiger partial charge in [-0.05, 0) is 134 Å². The molecule has 0 amide bonds. The van der Waals surface area contributed by atoms with Gasteiger partial charge in [0.25, 0.3) is 0 Å². The molecule has 0 aliphatic carbocycles. The normalized spacial score (nSPS) is 11.6. The summed E-state index contributed by atoms with van der Waals surface area (Å²) in [7, 11) is 4.09. The number of hydrogen-bond acceptors (Lipinski definition) is 6. The van der Waals surface area contributed by atoms with Gasteiger partial charge in [0, 0.05) is 94.8 Å². The maximum atomic E-state index is 6.93. The zero-order valence-electron chi connectivity index (χ0n) is 40.0. The molecule has 13 aromatic rings. The summed E-state index contributed by atoms with van der Waals surface area (Å²) in [5.41, 5.74) is 13.6. The fourth-order valence-corrected chi connectivity index (χ4v) is 10.1. The van der Waals surface area contributed by atoms with Gasteiger partial charge in [-0.25, -0.2) is 9.97 Å². The molecular formula is C62H46N8O2. The summed E-state index contributed by atoms with van der Waals surface area (Å²) >= 11 is 0. The van der Waals surface area contributed by atoms with Crippen LogP contribution in [0, 0.1) is 13.8 Å². The van der Waals surface area contributed by atoms with Crippen LogP contribution in [0.4, 0.5) is 0 Å². The second kappa shape index (κ2) is 17.1. The van der Waals surface area contributed by atoms with Crippen molar-refractivity contribution >= 4 is 43.6 Å². The van der Waals surface area contributed by atoms with Crippen molar-refractivity contribution in [2.24, 2.45) is 14.1 Å². The van der Waals surface area contributed by atoms with Crippen molar-refractivity contribution in [3.05, 3.63) is 218 Å². The first-order chi connectivity index (χ1) is 35.3. The summed E-state index contributed by atoms with van der Waals surface area (Å²) in [6.07, 6.45) is 11.5. The van der Waals surface area contributed by atoms with Crippen molar-refractivity contribution in [2.45, 2.75) is 13.8 Å². The summed E-state index contributed by atoms with van der Waals surface area (Å²) in [5, 5.41) is 4.56. The first kappa shape index (κ1) is 42.6. The third-order valence-electron chi connectivity index (χ3n) is 13.7. The lowest BCUT2D eigenvalue weighted by atomic mass is 10.0. The van der Waals surface area contributed by atoms with Crippen molar-refractivity contribution in [1.82, 2.24) is 38.2 Å². The number of hydrogen-bond donors (Lipinski definition) is 0. The Morgan fingerprint density at radius 2 is 0.833 bits per heavy atom. The lowest BCUT2D eigenvalue weighted by Crippen LogP contribution is -1.98. The molecule has 0 unspecified atom stereocenters. The van der Waals surface area contributed by atoms with Crippen LogP contribution in [0.5, 0.6) is 23.0 Å². The SMILES string of the molecule is Cc1ccnc(-n2c3ccccc3c3ccc(Oc4cc(-c5cnc(-c6ccc(-c7cccn7C)c(Oc7ccc8c9ccccc9n(-c9cc(C)ccn9)c8c7)c6)cn5)ccc4-c4cccn4C)cc32)c1. The van der Waals surface area contributed by atoms with Gasteiger partial charge in [0.2, 0.25) is 0 Å². The fourth-order valence-electron chi connectivity index (χ4n) is 10.1. The Hall–Kier alpha value is -9.54. The standard InChI is InChI=1S/C62H46N8O2/c1-39-25-27-63-61(31-39)69-55-13-7-5-11-45(55)47-23-19-43(35-57(47)69)71-59-33-41(17-21-49(59)53-15-9-29-67(53)3)51-37-66-52(38-65-51)42-18-22-50(54-16-10-30-68(54)4)60(34-42)72-44-20-24-48-46-12-6-8-14-56(46)70(58(48)36-44)62-32-40(2)26-28-64-62/h5-38H,1-4H3. The van der Waals surface area contributed by atoms with E-state index in [1.807, 2.05) is 87.7 Å². The Morgan fingerprint density at radius 3 is 1.25 bits per heavy atom. The zero-order chi connectivity index (χ0) is 48.5. The van der Waals surface area contributed by atoms with Gasteiger partial charge in [0.15, 0.2) is 0 Å². The van der Waals surface area contributed by atoms with Gasteiger partial charge in [0.05, 0.1) is 57.2 Å². The lowest BCUT2D eigenvalue weighted by Gasteiger charge is -2.15. The van der Waals surface area contributed by atoms with E-state index in [9.17, 15) is 0 Å². The maximum Gasteiger partial charge on any atom is 0.137 e. The zero-order valence-corrected chi connectivity index (χ0v) is 40.0. The first-order valence-corrected chi connectivity index (χ1v) is 23.9. The molecule has 10 heteroatoms. The summed E-state index contributed by atoms with van der Waals surface area (Å²) in [6, 6.07) is 58.5. The minimum Gasteiger partial charge on any atom is -0.457 e. The molecule has 10 nitrogen and oxygen atoms in total. The molecule has 0 fully saturated rings. The van der Waals surface area contributed by atoms with Crippen LogP contribution in [-0.2, 0) is 14.1 Å². The highest BCUT2D eigenvalue weighted by Crippen LogP contribution is 2.42. The molecule has 7 aromatic heterocycles. The Balaban J connectivity index is 0.859. The molecule has 346 valence electrons. The highest BCUT2D eigenvalue weighted by Gasteiger charge is 2.20. The Morgan fingerprint density at radius 1 is 0.389 bits per heavy atom. The summed E-state index contributed by atoms with van der Waals surface area (Å²) in [5.74, 6) is 4.52. The molecule has 0 saturated carbocycles. The van der Waals surface area contributed by atoms with E-state index in [0.717, 1.165) is 100 Å². The second-order valence-electron chi connectivity index (χ2n) is 18.4. The average Bonchev–Trinajstić information content (AvgIpc) is 4.19. The number of fused-ring (bicyclic) bond motifs is 6. The molecular weight excluding hydrogens is 889 g/mol. The first-order valence-electron chi connectivity index (χ1n) is 23.9. The molecule has 0 saturated heterocycles. The topological polar surface area (TPSA) is 89.7 Å². The second-order valence-corrected chi connectivity index (χ2v) is 18.4. The van der Waals surface area contributed by atoms with Gasteiger partial charge in [-0.1, -0.05) is 48.5 Å². The van der Waals surface area contributed by atoms with Crippen molar-refractivity contribution in [3.63, 3.8) is 0 Å². The smallest absolute Gasteiger partial charge is 0.137 e. The van der Waals surface area contributed by atoms with Gasteiger partial charge in [-0.2, -0.15) is 0 Å². The Labute approximate surface area is 415 Å². The lowest BCUT2D eigenvalue weighted by molar-refractivity contribution is 0.484. The number of aryl methyl sites for hydroxylation is 4. The van der Waals surface area contributed by atoms with Crippen molar-refractivity contribution < 1.29 is 9.47 Å². The van der Waals surface area contributed by atoms with Crippen molar-refractivity contribution in [2.75, 3.05) is 0 Å². The molecule has 7 heterocycles. The number of ether oxygens (including phenoxy) is 2. The quantitative estimate of drug-likeness (QED) is 0.136. The highest BCUT2D eigenvalue weighted by atomic mass is 16.5. The number of pyridine rings is 2. The molecule has 13 rings (SSSR count). The van der Waals surface area contributed by atoms with E-state index in [2.05, 4.69) is 166 Å². The molecule has 72 heavy (non-hydrogen) atoms. The largest absolute Gasteiger partial charge is 0.457 e. The maximum absolute atomic E-state index is 6.93. The van der Waals surface area contributed by atoms with E-state index >= 15 is 0 Å². The number of rotatable bonds is 10. The van der Waals surface area contributed by atoms with E-state index in [4.69, 9.17) is 29.4 Å². The fraction of sp³-hybridized carbons (Fsp3) is 0.0645. The van der Waals surface area contributed by atoms with Crippen LogP contribution in [-0.4, -0.2) is 38.2 Å². The van der Waals surface area contributed by atoms with Crippen LogP contribution >= 0.6 is 0 Å². The molecule has 0 aliphatic rings. The number of para-hydroxylation sites is 2. The molecule has 0 aliphatic heterocycles. The van der Waals surface area contributed by atoms with E-state index in [0.29, 0.717) is 34.4 Å². The summed E-state index contributed by atoms with van der Waals surface area (Å²) < 4.78 is 22.5. The van der Waals surface area contributed by atoms with E-state index < -0.39 is 0 Å². The molecule has 6 aromatic carbocycles. The van der Waals surface area contributed by atoms with Crippen LogP contribution in [0.3, 0.4) is 0 Å². The Bertz CT molecular complexity index is 3960. The van der Waals surface area contributed by atoms with E-state index in [-0.39, 0.29) is 0 Å². The van der Waals surface area contributed by atoms with Gasteiger partial charge in [0.1, 0.15) is 34.6 Å². The highest BCUT2D eigenvalue weighted by molar-refractivity contribution is 6.10. The van der Waals surface area contributed by atoms with Crippen LogP contribution in [0.15, 0.2) is 207 Å². The molecule has 0 radical (unpaired) electrons. The van der Waals surface area contributed by atoms with Crippen molar-refractivity contribution in [3.8, 4) is 79.7 Å². The predicted octanol–water partition coefficient (Wildman–Crippen LogP) is 15.0. The van der Waals surface area contributed by atoms with Crippen LogP contribution < -0.4 is 9.47 Å². The van der Waals surface area contributed by atoms with Crippen LogP contribution in [0.25, 0.3) is 100 Å². The monoisotopic (exact) mass is 934 g/mol. The Kier molecular flexibility index (Phi) is 10.1. The third-order valence-corrected chi connectivity index (χ3v) is 13.7. The predicted molar refractivity (Wildman–Crippen MR) is 288 cm³/mol. The molecule has 0 spiro atoms. The summed E-state index contributed by atoms with van der Waals surface area (Å²) in [6.45, 7) is 4.18. The van der Waals surface area contributed by atoms with E-state index in [1.54, 1.807) is 0 Å². The average molecular weight is 935 g/mol. The van der Waals surface area contributed by atoms with Crippen molar-refractivity contribution in [1.29, 1.82) is 0 Å². The number of nitrogens with zero attached hydrogens (tertiary/aromatic N) is 8. The van der Waals surface area contributed by atoms with Crippen LogP contribution in [0.2, 0.25) is 0 Å². The van der Waals surface area contributed by atoms with Crippen LogP contribution in [0.1, 0.15) is 11.1 Å². The number of benzene rings is 6. The molecule has 0 bridgehead atoms. The number of aromatic nitrogens is 8. The van der Waals surface area contributed by atoms with Gasteiger partial charge >= 0.3 is 0 Å². The van der Waals surface area contributed by atoms with Gasteiger partial charge < -0.3 is 18.6 Å². The summed E-state index contributed by atoms with van der Waals surface area (Å²) in [4.78, 5) is 19.6. The van der Waals surface area contributed by atoms with Gasteiger partial charge in [-0.3, -0.25) is 19.1 Å². The van der Waals surface area contributed by atoms with E-state index in [1.165, 1.54) is 0 Å².